The van der Waals surface area contributed by atoms with Crippen LogP contribution in [0.2, 0.25) is 0 Å². The third kappa shape index (κ3) is 2.77. The third-order valence-corrected chi connectivity index (χ3v) is 3.84. The summed E-state index contributed by atoms with van der Waals surface area (Å²) >= 11 is 0. The molecule has 0 aliphatic rings. The molecule has 0 unspecified atom stereocenters. The minimum Gasteiger partial charge on any atom is -0.292 e. The predicted molar refractivity (Wildman–Crippen MR) is 88.0 cm³/mol. The highest BCUT2D eigenvalue weighted by atomic mass is 16.1. The van der Waals surface area contributed by atoms with Gasteiger partial charge in [-0.15, -0.1) is 0 Å². The molecule has 0 saturated carbocycles. The maximum Gasteiger partial charge on any atom is 0.348 e. The minimum absolute atomic E-state index is 0.170. The molecule has 0 aliphatic heterocycles. The smallest absolute Gasteiger partial charge is 0.292 e. The Morgan fingerprint density at radius 1 is 1.09 bits per heavy atom. The highest BCUT2D eigenvalue weighted by Crippen LogP contribution is 2.21. The van der Waals surface area contributed by atoms with Crippen molar-refractivity contribution >= 4 is 10.9 Å². The Balaban J connectivity index is 2.05. The molecule has 0 N–H and O–H groups in total. The van der Waals surface area contributed by atoms with Crippen molar-refractivity contribution in [3.05, 3.63) is 70.5 Å². The standard InChI is InChI=1S/C18H19N3O/c1-13(2)17-15-5-3-4-6-16(15)21(18(22)20-17)12-9-14-7-10-19-11-8-14/h3-8,10-11,13H,9,12H2,1-2H3. The number of aromatic nitrogens is 3. The monoisotopic (exact) mass is 293 g/mol. The summed E-state index contributed by atoms with van der Waals surface area (Å²) in [6, 6.07) is 11.9. The molecule has 4 heteroatoms. The Labute approximate surface area is 129 Å². The van der Waals surface area contributed by atoms with Crippen molar-refractivity contribution < 1.29 is 0 Å². The topological polar surface area (TPSA) is 47.8 Å². The molecule has 112 valence electrons. The molecule has 2 aromatic heterocycles. The molecule has 1 aromatic carbocycles. The van der Waals surface area contributed by atoms with Crippen LogP contribution in [-0.4, -0.2) is 14.5 Å². The number of benzene rings is 1. The van der Waals surface area contributed by atoms with E-state index in [0.717, 1.165) is 23.0 Å². The van der Waals surface area contributed by atoms with E-state index in [1.165, 1.54) is 5.56 Å². The first-order valence-electron chi connectivity index (χ1n) is 7.55. The molecule has 2 heterocycles. The fourth-order valence-electron chi connectivity index (χ4n) is 2.70. The van der Waals surface area contributed by atoms with E-state index >= 15 is 0 Å². The first-order chi connectivity index (χ1) is 10.7. The van der Waals surface area contributed by atoms with Gasteiger partial charge in [0.05, 0.1) is 11.2 Å². The molecule has 3 aromatic rings. The number of para-hydroxylation sites is 1. The van der Waals surface area contributed by atoms with Gasteiger partial charge in [0.1, 0.15) is 0 Å². The maximum absolute atomic E-state index is 12.4. The Morgan fingerprint density at radius 3 is 2.55 bits per heavy atom. The largest absolute Gasteiger partial charge is 0.348 e. The molecular formula is C18H19N3O. The van der Waals surface area contributed by atoms with E-state index in [2.05, 4.69) is 23.8 Å². The van der Waals surface area contributed by atoms with Crippen LogP contribution in [0.25, 0.3) is 10.9 Å². The lowest BCUT2D eigenvalue weighted by Gasteiger charge is -2.14. The number of nitrogens with zero attached hydrogens (tertiary/aromatic N) is 3. The second-order valence-corrected chi connectivity index (χ2v) is 5.71. The van der Waals surface area contributed by atoms with E-state index in [0.29, 0.717) is 6.54 Å². The molecule has 0 atom stereocenters. The van der Waals surface area contributed by atoms with Crippen LogP contribution in [-0.2, 0) is 13.0 Å². The van der Waals surface area contributed by atoms with E-state index in [1.54, 1.807) is 17.0 Å². The minimum atomic E-state index is -0.170. The summed E-state index contributed by atoms with van der Waals surface area (Å²) in [4.78, 5) is 20.7. The molecule has 0 saturated heterocycles. The maximum atomic E-state index is 12.4. The second-order valence-electron chi connectivity index (χ2n) is 5.71. The van der Waals surface area contributed by atoms with E-state index in [4.69, 9.17) is 0 Å². The molecule has 0 aliphatic carbocycles. The molecule has 0 spiro atoms. The fraction of sp³-hybridized carbons (Fsp3) is 0.278. The van der Waals surface area contributed by atoms with Crippen molar-refractivity contribution in [2.75, 3.05) is 0 Å². The zero-order chi connectivity index (χ0) is 15.5. The van der Waals surface area contributed by atoms with Crippen LogP contribution < -0.4 is 5.69 Å². The van der Waals surface area contributed by atoms with Crippen molar-refractivity contribution in [2.24, 2.45) is 0 Å². The lowest BCUT2D eigenvalue weighted by molar-refractivity contribution is 0.663. The zero-order valence-corrected chi connectivity index (χ0v) is 12.9. The molecule has 0 amide bonds. The van der Waals surface area contributed by atoms with Crippen LogP contribution in [0.5, 0.6) is 0 Å². The summed E-state index contributed by atoms with van der Waals surface area (Å²) in [5, 5.41) is 1.06. The van der Waals surface area contributed by atoms with Crippen LogP contribution >= 0.6 is 0 Å². The second kappa shape index (κ2) is 6.10. The fourth-order valence-corrected chi connectivity index (χ4v) is 2.70. The van der Waals surface area contributed by atoms with Crippen LogP contribution in [0, 0.1) is 0 Å². The molecule has 4 nitrogen and oxygen atoms in total. The molecule has 3 rings (SSSR count). The number of fused-ring (bicyclic) bond motifs is 1. The quantitative estimate of drug-likeness (QED) is 0.742. The van der Waals surface area contributed by atoms with Crippen LogP contribution in [0.3, 0.4) is 0 Å². The third-order valence-electron chi connectivity index (χ3n) is 3.84. The normalized spacial score (nSPS) is 11.2. The number of aryl methyl sites for hydroxylation is 2. The van der Waals surface area contributed by atoms with Gasteiger partial charge in [-0.05, 0) is 36.1 Å². The Morgan fingerprint density at radius 2 is 1.82 bits per heavy atom. The van der Waals surface area contributed by atoms with E-state index in [1.807, 2.05) is 36.4 Å². The summed E-state index contributed by atoms with van der Waals surface area (Å²) in [6.07, 6.45) is 4.34. The van der Waals surface area contributed by atoms with Gasteiger partial charge in [-0.2, -0.15) is 4.98 Å². The number of pyridine rings is 1. The van der Waals surface area contributed by atoms with Gasteiger partial charge in [0, 0.05) is 24.3 Å². The lowest BCUT2D eigenvalue weighted by atomic mass is 10.0. The van der Waals surface area contributed by atoms with Gasteiger partial charge in [0.2, 0.25) is 0 Å². The van der Waals surface area contributed by atoms with Crippen molar-refractivity contribution in [3.63, 3.8) is 0 Å². The summed E-state index contributed by atoms with van der Waals surface area (Å²) in [7, 11) is 0. The molecule has 0 radical (unpaired) electrons. The molecular weight excluding hydrogens is 274 g/mol. The van der Waals surface area contributed by atoms with Crippen LogP contribution in [0.1, 0.15) is 31.0 Å². The average Bonchev–Trinajstić information content (AvgIpc) is 2.54. The first kappa shape index (κ1) is 14.4. The van der Waals surface area contributed by atoms with Gasteiger partial charge < -0.3 is 0 Å². The lowest BCUT2D eigenvalue weighted by Crippen LogP contribution is -2.26. The average molecular weight is 293 g/mol. The highest BCUT2D eigenvalue weighted by Gasteiger charge is 2.12. The van der Waals surface area contributed by atoms with Gasteiger partial charge in [-0.3, -0.25) is 9.55 Å². The van der Waals surface area contributed by atoms with E-state index < -0.39 is 0 Å². The SMILES string of the molecule is CC(C)c1nc(=O)n(CCc2ccncc2)c2ccccc12. The van der Waals surface area contributed by atoms with Gasteiger partial charge in [0.25, 0.3) is 0 Å². The zero-order valence-electron chi connectivity index (χ0n) is 12.9. The van der Waals surface area contributed by atoms with Crippen LogP contribution in [0.4, 0.5) is 0 Å². The summed E-state index contributed by atoms with van der Waals surface area (Å²) in [5.41, 5.74) is 2.83. The van der Waals surface area contributed by atoms with E-state index in [-0.39, 0.29) is 11.6 Å². The van der Waals surface area contributed by atoms with Crippen LogP contribution in [0.15, 0.2) is 53.6 Å². The Kier molecular flexibility index (Phi) is 4.00. The van der Waals surface area contributed by atoms with Crippen molar-refractivity contribution in [3.8, 4) is 0 Å². The summed E-state index contributed by atoms with van der Waals surface area (Å²) < 4.78 is 1.77. The van der Waals surface area contributed by atoms with Gasteiger partial charge in [0.15, 0.2) is 0 Å². The van der Waals surface area contributed by atoms with Gasteiger partial charge in [-0.1, -0.05) is 32.0 Å². The van der Waals surface area contributed by atoms with E-state index in [9.17, 15) is 4.79 Å². The van der Waals surface area contributed by atoms with Gasteiger partial charge in [-0.25, -0.2) is 4.79 Å². The van der Waals surface area contributed by atoms with Crippen molar-refractivity contribution in [2.45, 2.75) is 32.7 Å². The summed E-state index contributed by atoms with van der Waals surface area (Å²) in [5.74, 6) is 0.229. The molecule has 0 bridgehead atoms. The van der Waals surface area contributed by atoms with Crippen molar-refractivity contribution in [1.29, 1.82) is 0 Å². The molecule has 0 fully saturated rings. The number of hydrogen-bond acceptors (Lipinski definition) is 3. The number of hydrogen-bond donors (Lipinski definition) is 0. The van der Waals surface area contributed by atoms with Gasteiger partial charge >= 0.3 is 5.69 Å². The highest BCUT2D eigenvalue weighted by molar-refractivity contribution is 5.81. The predicted octanol–water partition coefficient (Wildman–Crippen LogP) is 3.16. The molecule has 22 heavy (non-hydrogen) atoms. The first-order valence-corrected chi connectivity index (χ1v) is 7.55. The Hall–Kier alpha value is -2.49. The summed E-state index contributed by atoms with van der Waals surface area (Å²) in [6.45, 7) is 4.75. The number of rotatable bonds is 4. The Bertz CT molecular complexity index is 838. The van der Waals surface area contributed by atoms with Crippen molar-refractivity contribution in [1.82, 2.24) is 14.5 Å².